The number of rotatable bonds is 12. The summed E-state index contributed by atoms with van der Waals surface area (Å²) < 4.78 is 45.5. The Balaban J connectivity index is 1.89. The largest absolute Gasteiger partial charge is 0.452 e. The summed E-state index contributed by atoms with van der Waals surface area (Å²) in [5, 5.41) is 4.96. The first-order valence-electron chi connectivity index (χ1n) is 14.8. The molecule has 4 N–H and O–H groups in total. The topological polar surface area (TPSA) is 151 Å². The molecule has 1 unspecified atom stereocenters. The van der Waals surface area contributed by atoms with E-state index in [9.17, 15) is 37.1 Å². The maximum atomic E-state index is 14.1. The number of benzene rings is 1. The minimum atomic E-state index is -5.23. The number of hydrogen-bond acceptors (Lipinski definition) is 8. The SMILES string of the molecule is CC(C)C(NC(=O)[C@]1(C(=O)c2ccc(C(=O)NCCN3CCOCC3)cc2)CCCN1C(=O)[C@@H](N)C(C)C)C(=O)C(F)(F)F. The number of ether oxygens (including phenoxy) is 1. The summed E-state index contributed by atoms with van der Waals surface area (Å²) in [6.45, 7) is 9.83. The zero-order chi connectivity index (χ0) is 32.8. The number of amides is 3. The number of carbonyl (C=O) groups excluding carboxylic acids is 5. The molecule has 3 rings (SSSR count). The van der Waals surface area contributed by atoms with Crippen LogP contribution in [-0.4, -0.2) is 109 Å². The van der Waals surface area contributed by atoms with E-state index in [1.54, 1.807) is 13.8 Å². The van der Waals surface area contributed by atoms with E-state index in [1.165, 1.54) is 38.1 Å². The summed E-state index contributed by atoms with van der Waals surface area (Å²) in [6.07, 6.45) is -5.23. The van der Waals surface area contributed by atoms with Gasteiger partial charge in [-0.25, -0.2) is 0 Å². The number of likely N-dealkylation sites (tertiary alicyclic amines) is 1. The van der Waals surface area contributed by atoms with E-state index in [4.69, 9.17) is 10.5 Å². The fraction of sp³-hybridized carbons (Fsp3) is 0.633. The van der Waals surface area contributed by atoms with E-state index in [0.717, 1.165) is 18.0 Å². The number of ketones is 2. The summed E-state index contributed by atoms with van der Waals surface area (Å²) in [4.78, 5) is 69.6. The molecule has 0 radical (unpaired) electrons. The van der Waals surface area contributed by atoms with Crippen LogP contribution >= 0.6 is 0 Å². The normalized spacial score (nSPS) is 20.8. The van der Waals surface area contributed by atoms with Crippen LogP contribution in [0.1, 0.15) is 61.3 Å². The summed E-state index contributed by atoms with van der Waals surface area (Å²) >= 11 is 0. The van der Waals surface area contributed by atoms with Gasteiger partial charge in [0.25, 0.3) is 17.6 Å². The fourth-order valence-electron chi connectivity index (χ4n) is 5.40. The third-order valence-electron chi connectivity index (χ3n) is 8.14. The second-order valence-corrected chi connectivity index (χ2v) is 11.9. The minimum Gasteiger partial charge on any atom is -0.379 e. The number of hydrogen-bond donors (Lipinski definition) is 3. The lowest BCUT2D eigenvalue weighted by molar-refractivity contribution is -0.175. The minimum absolute atomic E-state index is 0.0360. The molecule has 44 heavy (non-hydrogen) atoms. The van der Waals surface area contributed by atoms with Crippen LogP contribution in [0.3, 0.4) is 0 Å². The molecule has 0 aromatic heterocycles. The Kier molecular flexibility index (Phi) is 11.7. The van der Waals surface area contributed by atoms with Gasteiger partial charge in [0, 0.05) is 43.9 Å². The number of alkyl halides is 3. The molecule has 2 heterocycles. The lowest BCUT2D eigenvalue weighted by atomic mass is 9.83. The van der Waals surface area contributed by atoms with Crippen molar-refractivity contribution in [1.29, 1.82) is 0 Å². The third kappa shape index (κ3) is 7.83. The number of halogens is 3. The van der Waals surface area contributed by atoms with Crippen LogP contribution in [0.15, 0.2) is 24.3 Å². The van der Waals surface area contributed by atoms with Gasteiger partial charge >= 0.3 is 6.18 Å². The van der Waals surface area contributed by atoms with E-state index in [0.29, 0.717) is 26.3 Å². The average molecular weight is 626 g/mol. The molecule has 0 spiro atoms. The molecule has 2 aliphatic rings. The van der Waals surface area contributed by atoms with Gasteiger partial charge in [-0.3, -0.25) is 28.9 Å². The van der Waals surface area contributed by atoms with Crippen molar-refractivity contribution in [2.45, 2.75) is 64.3 Å². The van der Waals surface area contributed by atoms with Gasteiger partial charge in [-0.05, 0) is 36.8 Å². The molecule has 2 saturated heterocycles. The molecule has 11 nitrogen and oxygen atoms in total. The first-order chi connectivity index (χ1) is 20.6. The second kappa shape index (κ2) is 14.6. The van der Waals surface area contributed by atoms with Crippen molar-refractivity contribution < 1.29 is 41.9 Å². The highest BCUT2D eigenvalue weighted by Crippen LogP contribution is 2.35. The molecule has 3 amide bonds. The summed E-state index contributed by atoms with van der Waals surface area (Å²) in [6, 6.07) is 2.39. The highest BCUT2D eigenvalue weighted by atomic mass is 19.4. The molecule has 3 atom stereocenters. The van der Waals surface area contributed by atoms with Crippen LogP contribution in [-0.2, 0) is 19.1 Å². The molecule has 0 saturated carbocycles. The smallest absolute Gasteiger partial charge is 0.379 e. The fourth-order valence-corrected chi connectivity index (χ4v) is 5.40. The van der Waals surface area contributed by atoms with Crippen molar-refractivity contribution in [3.63, 3.8) is 0 Å². The predicted molar refractivity (Wildman–Crippen MR) is 155 cm³/mol. The Hall–Kier alpha value is -3.36. The van der Waals surface area contributed by atoms with Gasteiger partial charge in [-0.2, -0.15) is 13.2 Å². The van der Waals surface area contributed by atoms with Crippen LogP contribution in [0, 0.1) is 11.8 Å². The maximum Gasteiger partial charge on any atom is 0.452 e. The van der Waals surface area contributed by atoms with E-state index in [-0.39, 0.29) is 42.3 Å². The van der Waals surface area contributed by atoms with Crippen LogP contribution in [0.2, 0.25) is 0 Å². The summed E-state index contributed by atoms with van der Waals surface area (Å²) in [5.74, 6) is -6.62. The number of carbonyl (C=O) groups is 5. The molecular weight excluding hydrogens is 583 g/mol. The Morgan fingerprint density at radius 1 is 0.955 bits per heavy atom. The Morgan fingerprint density at radius 3 is 2.09 bits per heavy atom. The molecule has 2 fully saturated rings. The molecule has 1 aromatic carbocycles. The molecule has 244 valence electrons. The van der Waals surface area contributed by atoms with E-state index in [1.807, 2.05) is 0 Å². The molecule has 14 heteroatoms. The number of nitrogens with two attached hydrogens (primary N) is 1. The van der Waals surface area contributed by atoms with Crippen LogP contribution in [0.4, 0.5) is 13.2 Å². The first-order valence-corrected chi connectivity index (χ1v) is 14.8. The zero-order valence-electron chi connectivity index (χ0n) is 25.5. The highest BCUT2D eigenvalue weighted by molar-refractivity contribution is 6.20. The average Bonchev–Trinajstić information content (AvgIpc) is 3.44. The van der Waals surface area contributed by atoms with Crippen molar-refractivity contribution in [2.75, 3.05) is 45.9 Å². The van der Waals surface area contributed by atoms with E-state index >= 15 is 0 Å². The van der Waals surface area contributed by atoms with Crippen LogP contribution in [0.5, 0.6) is 0 Å². The standard InChI is InChI=1S/C30H42F3N5O6/c1-18(2)22(34)27(42)38-12-5-10-29(38,28(43)36-23(19(3)4)25(40)30(31,32)33)24(39)20-6-8-21(9-7-20)26(41)35-11-13-37-14-16-44-17-15-37/h6-9,18-19,22-23H,5,10-17,34H2,1-4H3,(H,35,41)(H,36,43)/t22-,23?,29+/m0/s1. The number of Topliss-reactive ketones (excluding diaryl/α,β-unsaturated/α-hetero) is 2. The van der Waals surface area contributed by atoms with Crippen LogP contribution < -0.4 is 16.4 Å². The van der Waals surface area contributed by atoms with Gasteiger partial charge in [0.2, 0.25) is 5.91 Å². The van der Waals surface area contributed by atoms with Crippen molar-refractivity contribution in [3.05, 3.63) is 35.4 Å². The van der Waals surface area contributed by atoms with Gasteiger partial charge in [0.1, 0.15) is 0 Å². The summed E-state index contributed by atoms with van der Waals surface area (Å²) in [7, 11) is 0. The molecule has 1 aromatic rings. The lowest BCUT2D eigenvalue weighted by Crippen LogP contribution is -2.67. The Labute approximate surface area is 255 Å². The second-order valence-electron chi connectivity index (χ2n) is 11.9. The lowest BCUT2D eigenvalue weighted by Gasteiger charge is -2.39. The van der Waals surface area contributed by atoms with Crippen molar-refractivity contribution >= 4 is 29.3 Å². The Bertz CT molecular complexity index is 1220. The van der Waals surface area contributed by atoms with E-state index in [2.05, 4.69) is 15.5 Å². The van der Waals surface area contributed by atoms with Gasteiger partial charge in [0.15, 0.2) is 11.3 Å². The summed E-state index contributed by atoms with van der Waals surface area (Å²) in [5.41, 5.74) is 4.07. The van der Waals surface area contributed by atoms with E-state index < -0.39 is 53.1 Å². The first kappa shape index (κ1) is 35.1. The zero-order valence-corrected chi connectivity index (χ0v) is 25.5. The van der Waals surface area contributed by atoms with Crippen molar-refractivity contribution in [2.24, 2.45) is 17.6 Å². The molecule has 2 aliphatic heterocycles. The number of nitrogens with zero attached hydrogens (tertiary/aromatic N) is 2. The molecule has 0 bridgehead atoms. The number of nitrogens with one attached hydrogen (secondary N) is 2. The van der Waals surface area contributed by atoms with Gasteiger partial charge in [0.05, 0.1) is 25.3 Å². The molecular formula is C30H42F3N5O6. The van der Waals surface area contributed by atoms with Crippen molar-refractivity contribution in [3.8, 4) is 0 Å². The monoisotopic (exact) mass is 625 g/mol. The third-order valence-corrected chi connectivity index (χ3v) is 8.14. The highest BCUT2D eigenvalue weighted by Gasteiger charge is 2.57. The predicted octanol–water partition coefficient (Wildman–Crippen LogP) is 1.55. The van der Waals surface area contributed by atoms with Crippen LogP contribution in [0.25, 0.3) is 0 Å². The quantitative estimate of drug-likeness (QED) is 0.234. The van der Waals surface area contributed by atoms with Crippen molar-refractivity contribution in [1.82, 2.24) is 20.4 Å². The van der Waals surface area contributed by atoms with Gasteiger partial charge in [-0.1, -0.05) is 39.8 Å². The Morgan fingerprint density at radius 2 is 1.55 bits per heavy atom. The number of morpholine rings is 1. The maximum absolute atomic E-state index is 14.1. The van der Waals surface area contributed by atoms with Gasteiger partial charge < -0.3 is 26.0 Å². The molecule has 0 aliphatic carbocycles. The van der Waals surface area contributed by atoms with Gasteiger partial charge in [-0.15, -0.1) is 0 Å².